The van der Waals surface area contributed by atoms with Crippen LogP contribution in [0.5, 0.6) is 0 Å². The van der Waals surface area contributed by atoms with Crippen LogP contribution in [0, 0.1) is 20.8 Å². The van der Waals surface area contributed by atoms with E-state index in [2.05, 4.69) is 5.32 Å². The van der Waals surface area contributed by atoms with E-state index in [9.17, 15) is 18.0 Å². The number of hydrogen-bond acceptors (Lipinski definition) is 4. The average Bonchev–Trinajstić information content (AvgIpc) is 2.89. The highest BCUT2D eigenvalue weighted by Crippen LogP contribution is 2.29. The molecular formula is C29H33Cl2N3O4S. The monoisotopic (exact) mass is 589 g/mol. The van der Waals surface area contributed by atoms with Gasteiger partial charge in [-0.1, -0.05) is 59.1 Å². The topological polar surface area (TPSA) is 86.8 Å². The highest BCUT2D eigenvalue weighted by Gasteiger charge is 2.33. The summed E-state index contributed by atoms with van der Waals surface area (Å²) in [6.07, 6.45) is 0. The zero-order chi connectivity index (χ0) is 28.9. The van der Waals surface area contributed by atoms with Gasteiger partial charge < -0.3 is 10.2 Å². The lowest BCUT2D eigenvalue weighted by molar-refractivity contribution is -0.139. The summed E-state index contributed by atoms with van der Waals surface area (Å²) in [5, 5.41) is 3.41. The number of nitrogens with zero attached hydrogens (tertiary/aromatic N) is 2. The molecule has 10 heteroatoms. The number of anilines is 1. The van der Waals surface area contributed by atoms with E-state index in [0.29, 0.717) is 33.4 Å². The molecule has 0 bridgehead atoms. The number of hydrogen-bond donors (Lipinski definition) is 1. The number of carbonyl (C=O) groups is 2. The van der Waals surface area contributed by atoms with E-state index in [1.807, 2.05) is 26.0 Å². The van der Waals surface area contributed by atoms with Gasteiger partial charge in [-0.15, -0.1) is 0 Å². The lowest BCUT2D eigenvalue weighted by atomic mass is 10.1. The molecule has 3 aromatic rings. The summed E-state index contributed by atoms with van der Waals surface area (Å²) in [6.45, 7) is 8.81. The summed E-state index contributed by atoms with van der Waals surface area (Å²) in [6, 6.07) is 16.0. The molecule has 0 spiro atoms. The van der Waals surface area contributed by atoms with E-state index >= 15 is 0 Å². The minimum absolute atomic E-state index is 0.0270. The first-order valence-electron chi connectivity index (χ1n) is 12.5. The van der Waals surface area contributed by atoms with Gasteiger partial charge in [0.05, 0.1) is 20.6 Å². The average molecular weight is 591 g/mol. The second kappa shape index (κ2) is 12.9. The van der Waals surface area contributed by atoms with Crippen LogP contribution < -0.4 is 9.62 Å². The van der Waals surface area contributed by atoms with Crippen LogP contribution >= 0.6 is 23.2 Å². The summed E-state index contributed by atoms with van der Waals surface area (Å²) in [4.78, 5) is 28.2. The molecule has 3 rings (SSSR count). The van der Waals surface area contributed by atoms with Crippen molar-refractivity contribution >= 4 is 50.7 Å². The maximum atomic E-state index is 14.0. The van der Waals surface area contributed by atoms with Gasteiger partial charge in [0.1, 0.15) is 12.6 Å². The van der Waals surface area contributed by atoms with Crippen LogP contribution in [0.4, 0.5) is 5.69 Å². The zero-order valence-corrected chi connectivity index (χ0v) is 25.0. The molecule has 2 amide bonds. The van der Waals surface area contributed by atoms with E-state index in [4.69, 9.17) is 23.2 Å². The predicted octanol–water partition coefficient (Wildman–Crippen LogP) is 5.67. The van der Waals surface area contributed by atoms with Crippen molar-refractivity contribution in [3.63, 3.8) is 0 Å². The smallest absolute Gasteiger partial charge is 0.264 e. The van der Waals surface area contributed by atoms with Crippen LogP contribution in [0.1, 0.15) is 36.1 Å². The van der Waals surface area contributed by atoms with Crippen molar-refractivity contribution in [2.45, 2.75) is 52.1 Å². The highest BCUT2D eigenvalue weighted by atomic mass is 35.5. The molecule has 0 aliphatic heterocycles. The van der Waals surface area contributed by atoms with E-state index in [1.54, 1.807) is 57.2 Å². The van der Waals surface area contributed by atoms with Crippen molar-refractivity contribution in [3.8, 4) is 0 Å². The van der Waals surface area contributed by atoms with Gasteiger partial charge in [0, 0.05) is 13.1 Å². The normalized spacial score (nSPS) is 12.1. The Kier molecular flexibility index (Phi) is 10.0. The maximum absolute atomic E-state index is 14.0. The number of nitrogens with one attached hydrogen (secondary N) is 1. The molecule has 39 heavy (non-hydrogen) atoms. The van der Waals surface area contributed by atoms with Gasteiger partial charge in [-0.25, -0.2) is 8.42 Å². The van der Waals surface area contributed by atoms with Crippen molar-refractivity contribution in [1.29, 1.82) is 0 Å². The molecule has 0 aliphatic carbocycles. The number of likely N-dealkylation sites (N-methyl/N-ethyl adjacent to an activating group) is 1. The molecule has 1 N–H and O–H groups in total. The molecule has 0 heterocycles. The van der Waals surface area contributed by atoms with Gasteiger partial charge in [0.15, 0.2) is 0 Å². The van der Waals surface area contributed by atoms with Crippen molar-refractivity contribution in [1.82, 2.24) is 10.2 Å². The van der Waals surface area contributed by atoms with Gasteiger partial charge in [-0.2, -0.15) is 0 Å². The molecule has 0 saturated heterocycles. The summed E-state index contributed by atoms with van der Waals surface area (Å²) >= 11 is 12.3. The Morgan fingerprint density at radius 3 is 2.15 bits per heavy atom. The minimum Gasteiger partial charge on any atom is -0.355 e. The zero-order valence-electron chi connectivity index (χ0n) is 22.7. The third-order valence-corrected chi connectivity index (χ3v) is 8.89. The Bertz CT molecular complexity index is 1460. The van der Waals surface area contributed by atoms with Crippen molar-refractivity contribution in [2.75, 3.05) is 17.4 Å². The first-order valence-corrected chi connectivity index (χ1v) is 14.7. The molecule has 1 atom stereocenters. The lowest BCUT2D eigenvalue weighted by Gasteiger charge is -2.32. The standard InChI is InChI=1S/C29H33Cl2N3O4S/c1-6-32-29(36)22(5)33(17-23-11-14-25(30)26(31)16-23)28(35)18-34(27-15-20(3)7-10-21(27)4)39(37,38)24-12-8-19(2)9-13-24/h7-16,22H,6,17-18H2,1-5H3,(H,32,36). The van der Waals surface area contributed by atoms with Crippen LogP contribution in [0.3, 0.4) is 0 Å². The fourth-order valence-electron chi connectivity index (χ4n) is 4.08. The van der Waals surface area contributed by atoms with Crippen LogP contribution in [0.2, 0.25) is 10.0 Å². The SMILES string of the molecule is CCNC(=O)C(C)N(Cc1ccc(Cl)c(Cl)c1)C(=O)CN(c1cc(C)ccc1C)S(=O)(=O)c1ccc(C)cc1. The van der Waals surface area contributed by atoms with Crippen LogP contribution in [0.25, 0.3) is 0 Å². The first-order chi connectivity index (χ1) is 18.3. The summed E-state index contributed by atoms with van der Waals surface area (Å²) in [5.41, 5.74) is 3.48. The molecule has 3 aromatic carbocycles. The highest BCUT2D eigenvalue weighted by molar-refractivity contribution is 7.92. The Hall–Kier alpha value is -3.07. The Balaban J connectivity index is 2.08. The third-order valence-electron chi connectivity index (χ3n) is 6.38. The van der Waals surface area contributed by atoms with E-state index in [1.165, 1.54) is 17.0 Å². The maximum Gasteiger partial charge on any atom is 0.264 e. The predicted molar refractivity (Wildman–Crippen MR) is 157 cm³/mol. The summed E-state index contributed by atoms with van der Waals surface area (Å²) < 4.78 is 29.0. The Morgan fingerprint density at radius 2 is 1.54 bits per heavy atom. The Labute approximate surface area is 240 Å². The largest absolute Gasteiger partial charge is 0.355 e. The lowest BCUT2D eigenvalue weighted by Crippen LogP contribution is -2.51. The van der Waals surface area contributed by atoms with Crippen LogP contribution in [-0.2, 0) is 26.2 Å². The number of aryl methyl sites for hydroxylation is 3. The molecule has 0 saturated carbocycles. The minimum atomic E-state index is -4.13. The molecule has 0 fully saturated rings. The quantitative estimate of drug-likeness (QED) is 0.330. The second-order valence-corrected chi connectivity index (χ2v) is 12.1. The van der Waals surface area contributed by atoms with Gasteiger partial charge in [-0.3, -0.25) is 13.9 Å². The molecular weight excluding hydrogens is 557 g/mol. The van der Waals surface area contributed by atoms with Crippen LogP contribution in [-0.4, -0.2) is 44.3 Å². The molecule has 1 unspecified atom stereocenters. The number of halogens is 2. The fourth-order valence-corrected chi connectivity index (χ4v) is 5.87. The summed E-state index contributed by atoms with van der Waals surface area (Å²) in [5.74, 6) is -0.901. The first kappa shape index (κ1) is 30.5. The van der Waals surface area contributed by atoms with Gasteiger partial charge in [0.25, 0.3) is 10.0 Å². The number of sulfonamides is 1. The molecule has 0 aliphatic rings. The third kappa shape index (κ3) is 7.32. The number of benzene rings is 3. The Morgan fingerprint density at radius 1 is 0.897 bits per heavy atom. The molecule has 0 aromatic heterocycles. The molecule has 0 radical (unpaired) electrons. The molecule has 208 valence electrons. The van der Waals surface area contributed by atoms with Crippen molar-refractivity contribution in [3.05, 3.63) is 93.0 Å². The number of rotatable bonds is 10. The van der Waals surface area contributed by atoms with Gasteiger partial charge >= 0.3 is 0 Å². The van der Waals surface area contributed by atoms with Gasteiger partial charge in [0.2, 0.25) is 11.8 Å². The molecule has 7 nitrogen and oxygen atoms in total. The van der Waals surface area contributed by atoms with Crippen molar-refractivity contribution < 1.29 is 18.0 Å². The van der Waals surface area contributed by atoms with Crippen molar-refractivity contribution in [2.24, 2.45) is 0 Å². The summed E-state index contributed by atoms with van der Waals surface area (Å²) in [7, 11) is -4.13. The van der Waals surface area contributed by atoms with Crippen LogP contribution in [0.15, 0.2) is 65.6 Å². The number of amides is 2. The van der Waals surface area contributed by atoms with E-state index in [0.717, 1.165) is 15.4 Å². The second-order valence-electron chi connectivity index (χ2n) is 9.46. The fraction of sp³-hybridized carbons (Fsp3) is 0.310. The van der Waals surface area contributed by atoms with Gasteiger partial charge in [-0.05, 0) is 81.6 Å². The van der Waals surface area contributed by atoms with E-state index in [-0.39, 0.29) is 17.3 Å². The number of carbonyl (C=O) groups excluding carboxylic acids is 2. The van der Waals surface area contributed by atoms with E-state index < -0.39 is 28.5 Å².